The predicted octanol–water partition coefficient (Wildman–Crippen LogP) is 4.84. The van der Waals surface area contributed by atoms with E-state index in [1.54, 1.807) is 11.3 Å². The lowest BCUT2D eigenvalue weighted by atomic mass is 10.0. The zero-order chi connectivity index (χ0) is 13.7. The van der Waals surface area contributed by atoms with Gasteiger partial charge >= 0.3 is 0 Å². The van der Waals surface area contributed by atoms with Gasteiger partial charge in [0.05, 0.1) is 5.71 Å². The van der Waals surface area contributed by atoms with E-state index in [2.05, 4.69) is 29.6 Å². The van der Waals surface area contributed by atoms with Gasteiger partial charge in [-0.3, -0.25) is 0 Å². The molecule has 3 heteroatoms. The van der Waals surface area contributed by atoms with Crippen LogP contribution in [-0.4, -0.2) is 10.9 Å². The number of rotatable bonds is 4. The fraction of sp³-hybridized carbons (Fsp3) is 0.188. The Morgan fingerprint density at radius 1 is 1.32 bits per heavy atom. The topological polar surface area (TPSA) is 32.6 Å². The standard InChI is InChI=1S/C16H17NOS/c1-3-15(17-18)14(16-9-12(2)11-19-16)10-13-7-5-4-6-8-13/h4-11,18H,3H2,1-2H3. The summed E-state index contributed by atoms with van der Waals surface area (Å²) in [7, 11) is 0. The summed E-state index contributed by atoms with van der Waals surface area (Å²) in [6.45, 7) is 4.07. The lowest BCUT2D eigenvalue weighted by Crippen LogP contribution is -1.99. The molecule has 0 atom stereocenters. The third kappa shape index (κ3) is 3.32. The van der Waals surface area contributed by atoms with Crippen molar-refractivity contribution in [1.29, 1.82) is 0 Å². The molecule has 0 fully saturated rings. The molecule has 0 amide bonds. The second kappa shape index (κ2) is 6.34. The van der Waals surface area contributed by atoms with E-state index in [0.29, 0.717) is 12.1 Å². The van der Waals surface area contributed by atoms with Gasteiger partial charge in [-0.05, 0) is 42.0 Å². The van der Waals surface area contributed by atoms with Gasteiger partial charge in [-0.1, -0.05) is 42.4 Å². The van der Waals surface area contributed by atoms with Crippen molar-refractivity contribution < 1.29 is 5.21 Å². The van der Waals surface area contributed by atoms with Crippen molar-refractivity contribution in [2.24, 2.45) is 5.16 Å². The van der Waals surface area contributed by atoms with Crippen molar-refractivity contribution in [2.75, 3.05) is 0 Å². The van der Waals surface area contributed by atoms with Crippen LogP contribution >= 0.6 is 11.3 Å². The first-order chi connectivity index (χ1) is 9.24. The Hall–Kier alpha value is -1.87. The van der Waals surface area contributed by atoms with Gasteiger partial charge in [0.1, 0.15) is 0 Å². The van der Waals surface area contributed by atoms with Crippen molar-refractivity contribution >= 4 is 28.7 Å². The number of aryl methyl sites for hydroxylation is 1. The molecule has 0 saturated heterocycles. The third-order valence-corrected chi connectivity index (χ3v) is 3.95. The van der Waals surface area contributed by atoms with E-state index in [9.17, 15) is 5.21 Å². The van der Waals surface area contributed by atoms with Crippen LogP contribution in [0, 0.1) is 6.92 Å². The van der Waals surface area contributed by atoms with Gasteiger partial charge in [-0.25, -0.2) is 0 Å². The lowest BCUT2D eigenvalue weighted by Gasteiger charge is -2.06. The molecule has 1 aromatic heterocycles. The van der Waals surface area contributed by atoms with Crippen molar-refractivity contribution in [1.82, 2.24) is 0 Å². The fourth-order valence-electron chi connectivity index (χ4n) is 1.90. The summed E-state index contributed by atoms with van der Waals surface area (Å²) in [5.74, 6) is 0. The summed E-state index contributed by atoms with van der Waals surface area (Å²) >= 11 is 1.68. The number of thiophene rings is 1. The summed E-state index contributed by atoms with van der Waals surface area (Å²) < 4.78 is 0. The largest absolute Gasteiger partial charge is 0.411 e. The quantitative estimate of drug-likeness (QED) is 0.482. The minimum Gasteiger partial charge on any atom is -0.411 e. The molecule has 0 bridgehead atoms. The maximum atomic E-state index is 9.19. The SMILES string of the molecule is CCC(=NO)C(=Cc1ccccc1)c1cc(C)cs1. The highest BCUT2D eigenvalue weighted by Crippen LogP contribution is 2.27. The van der Waals surface area contributed by atoms with Crippen molar-refractivity contribution in [3.63, 3.8) is 0 Å². The van der Waals surface area contributed by atoms with E-state index in [1.807, 2.05) is 37.3 Å². The first-order valence-corrected chi connectivity index (χ1v) is 7.16. The number of nitrogens with zero attached hydrogens (tertiary/aromatic N) is 1. The Balaban J connectivity index is 2.49. The molecule has 1 heterocycles. The monoisotopic (exact) mass is 271 g/mol. The molecule has 1 aromatic carbocycles. The van der Waals surface area contributed by atoms with E-state index in [0.717, 1.165) is 16.0 Å². The molecule has 0 aliphatic carbocycles. The van der Waals surface area contributed by atoms with Gasteiger partial charge in [0, 0.05) is 10.5 Å². The molecule has 2 rings (SSSR count). The van der Waals surface area contributed by atoms with Crippen LogP contribution in [0.1, 0.15) is 29.3 Å². The molecule has 98 valence electrons. The molecular formula is C16H17NOS. The predicted molar refractivity (Wildman–Crippen MR) is 82.9 cm³/mol. The van der Waals surface area contributed by atoms with Gasteiger partial charge in [0.15, 0.2) is 0 Å². The molecular weight excluding hydrogens is 254 g/mol. The van der Waals surface area contributed by atoms with Crippen LogP contribution in [0.25, 0.3) is 11.6 Å². The summed E-state index contributed by atoms with van der Waals surface area (Å²) in [6.07, 6.45) is 2.77. The van der Waals surface area contributed by atoms with Crippen molar-refractivity contribution in [2.45, 2.75) is 20.3 Å². The maximum absolute atomic E-state index is 9.19. The van der Waals surface area contributed by atoms with E-state index >= 15 is 0 Å². The smallest absolute Gasteiger partial charge is 0.0879 e. The zero-order valence-electron chi connectivity index (χ0n) is 11.1. The molecule has 0 radical (unpaired) electrons. The average Bonchev–Trinajstić information content (AvgIpc) is 2.86. The van der Waals surface area contributed by atoms with E-state index in [1.165, 1.54) is 5.56 Å². The highest BCUT2D eigenvalue weighted by atomic mass is 32.1. The summed E-state index contributed by atoms with van der Waals surface area (Å²) in [5.41, 5.74) is 4.05. The molecule has 0 aliphatic heterocycles. The molecule has 2 nitrogen and oxygen atoms in total. The van der Waals surface area contributed by atoms with Crippen LogP contribution < -0.4 is 0 Å². The van der Waals surface area contributed by atoms with Crippen LogP contribution in [0.4, 0.5) is 0 Å². The molecule has 0 aliphatic rings. The third-order valence-electron chi connectivity index (χ3n) is 2.87. The van der Waals surface area contributed by atoms with Gasteiger partial charge in [0.2, 0.25) is 0 Å². The number of hydrogen-bond acceptors (Lipinski definition) is 3. The Bertz CT molecular complexity index is 596. The summed E-state index contributed by atoms with van der Waals surface area (Å²) in [4.78, 5) is 1.14. The zero-order valence-corrected chi connectivity index (χ0v) is 11.9. The minimum atomic E-state index is 0.701. The van der Waals surface area contributed by atoms with Gasteiger partial charge in [-0.2, -0.15) is 0 Å². The van der Waals surface area contributed by atoms with Gasteiger partial charge < -0.3 is 5.21 Å². The Morgan fingerprint density at radius 2 is 2.05 bits per heavy atom. The first kappa shape index (κ1) is 13.6. The van der Waals surface area contributed by atoms with E-state index < -0.39 is 0 Å². The van der Waals surface area contributed by atoms with E-state index in [-0.39, 0.29) is 0 Å². The second-order valence-corrected chi connectivity index (χ2v) is 5.27. The highest BCUT2D eigenvalue weighted by molar-refractivity contribution is 7.11. The Morgan fingerprint density at radius 3 is 2.58 bits per heavy atom. The highest BCUT2D eigenvalue weighted by Gasteiger charge is 2.11. The number of allylic oxidation sites excluding steroid dienone is 1. The molecule has 0 unspecified atom stereocenters. The maximum Gasteiger partial charge on any atom is 0.0879 e. The summed E-state index contributed by atoms with van der Waals surface area (Å²) in [5, 5.41) is 14.7. The Labute approximate surface area is 117 Å². The lowest BCUT2D eigenvalue weighted by molar-refractivity contribution is 0.319. The molecule has 1 N–H and O–H groups in total. The first-order valence-electron chi connectivity index (χ1n) is 6.28. The molecule has 0 saturated carbocycles. The molecule has 19 heavy (non-hydrogen) atoms. The Kier molecular flexibility index (Phi) is 4.53. The average molecular weight is 271 g/mol. The second-order valence-electron chi connectivity index (χ2n) is 4.36. The van der Waals surface area contributed by atoms with Crippen LogP contribution in [0.5, 0.6) is 0 Å². The van der Waals surface area contributed by atoms with Crippen LogP contribution in [0.15, 0.2) is 46.9 Å². The normalized spacial score (nSPS) is 12.7. The van der Waals surface area contributed by atoms with Crippen LogP contribution in [-0.2, 0) is 0 Å². The van der Waals surface area contributed by atoms with Crippen LogP contribution in [0.2, 0.25) is 0 Å². The summed E-state index contributed by atoms with van der Waals surface area (Å²) in [6, 6.07) is 12.2. The number of oxime groups is 1. The fourth-order valence-corrected chi connectivity index (χ4v) is 2.84. The van der Waals surface area contributed by atoms with Gasteiger partial charge in [-0.15, -0.1) is 11.3 Å². The molecule has 2 aromatic rings. The van der Waals surface area contributed by atoms with Crippen molar-refractivity contribution in [3.05, 3.63) is 57.8 Å². The minimum absolute atomic E-state index is 0.701. The van der Waals surface area contributed by atoms with Crippen LogP contribution in [0.3, 0.4) is 0 Å². The van der Waals surface area contributed by atoms with Gasteiger partial charge in [0.25, 0.3) is 0 Å². The number of benzene rings is 1. The number of hydrogen-bond donors (Lipinski definition) is 1. The van der Waals surface area contributed by atoms with Crippen molar-refractivity contribution in [3.8, 4) is 0 Å². The molecule has 0 spiro atoms. The van der Waals surface area contributed by atoms with E-state index in [4.69, 9.17) is 0 Å².